The van der Waals surface area contributed by atoms with Crippen LogP contribution >= 0.6 is 0 Å². The summed E-state index contributed by atoms with van der Waals surface area (Å²) in [5.41, 5.74) is 1.91. The predicted molar refractivity (Wildman–Crippen MR) is 89.8 cm³/mol. The molecule has 1 aliphatic heterocycles. The molecule has 0 saturated heterocycles. The van der Waals surface area contributed by atoms with Crippen molar-refractivity contribution in [2.24, 2.45) is 4.99 Å². The Morgan fingerprint density at radius 3 is 2.91 bits per heavy atom. The molecule has 6 nitrogen and oxygen atoms in total. The van der Waals surface area contributed by atoms with E-state index < -0.39 is 0 Å². The summed E-state index contributed by atoms with van der Waals surface area (Å²) in [6, 6.07) is 8.03. The van der Waals surface area contributed by atoms with Crippen LogP contribution < -0.4 is 10.6 Å². The fourth-order valence-electron chi connectivity index (χ4n) is 2.48. The van der Waals surface area contributed by atoms with Gasteiger partial charge in [0.15, 0.2) is 0 Å². The van der Waals surface area contributed by atoms with Gasteiger partial charge in [-0.15, -0.1) is 0 Å². The number of nitrogens with one attached hydrogen (secondary N) is 2. The zero-order chi connectivity index (χ0) is 15.4. The summed E-state index contributed by atoms with van der Waals surface area (Å²) in [5, 5.41) is 7.54. The minimum atomic E-state index is 0.587. The molecule has 0 unspecified atom stereocenters. The lowest BCUT2D eigenvalue weighted by Gasteiger charge is -2.26. The van der Waals surface area contributed by atoms with E-state index in [2.05, 4.69) is 37.4 Å². The first-order valence-corrected chi connectivity index (χ1v) is 7.77. The van der Waals surface area contributed by atoms with Crippen molar-refractivity contribution in [2.75, 3.05) is 25.2 Å². The number of benzene rings is 1. The Morgan fingerprint density at radius 1 is 1.27 bits per heavy atom. The highest BCUT2D eigenvalue weighted by Crippen LogP contribution is 2.16. The highest BCUT2D eigenvalue weighted by molar-refractivity contribution is 5.93. The third kappa shape index (κ3) is 3.33. The molecule has 3 rings (SSSR count). The monoisotopic (exact) mass is 298 g/mol. The number of rotatable bonds is 4. The van der Waals surface area contributed by atoms with Crippen LogP contribution in [0, 0.1) is 6.92 Å². The van der Waals surface area contributed by atoms with Crippen molar-refractivity contribution < 1.29 is 0 Å². The molecule has 0 saturated carbocycles. The molecule has 0 bridgehead atoms. The van der Waals surface area contributed by atoms with Crippen molar-refractivity contribution in [2.45, 2.75) is 26.7 Å². The third-order valence-corrected chi connectivity index (χ3v) is 3.75. The van der Waals surface area contributed by atoms with Gasteiger partial charge in [-0.2, -0.15) is 0 Å². The number of fused-ring (bicyclic) bond motifs is 1. The summed E-state index contributed by atoms with van der Waals surface area (Å²) in [5.74, 6) is 1.33. The summed E-state index contributed by atoms with van der Waals surface area (Å²) >= 11 is 0. The Kier molecular flexibility index (Phi) is 4.48. The molecule has 2 aromatic rings. The van der Waals surface area contributed by atoms with Gasteiger partial charge in [-0.1, -0.05) is 31.5 Å². The molecule has 116 valence electrons. The van der Waals surface area contributed by atoms with Gasteiger partial charge in [0.1, 0.15) is 0 Å². The topological polar surface area (TPSA) is 65.4 Å². The highest BCUT2D eigenvalue weighted by atomic mass is 15.4. The number of anilines is 1. The van der Waals surface area contributed by atoms with E-state index in [1.54, 1.807) is 0 Å². The number of nitrogens with zero attached hydrogens (tertiary/aromatic N) is 4. The zero-order valence-electron chi connectivity index (χ0n) is 13.1. The summed E-state index contributed by atoms with van der Waals surface area (Å²) in [6.07, 6.45) is 2.41. The number of para-hydroxylation sites is 1. The zero-order valence-corrected chi connectivity index (χ0v) is 13.1. The summed E-state index contributed by atoms with van der Waals surface area (Å²) in [6.45, 7) is 6.79. The molecule has 1 aromatic heterocycles. The van der Waals surface area contributed by atoms with Gasteiger partial charge in [-0.3, -0.25) is 10.2 Å². The molecule has 0 fully saturated rings. The fraction of sp³-hybridized carbons (Fsp3) is 0.438. The Bertz CT molecular complexity index is 681. The minimum absolute atomic E-state index is 0.587. The van der Waals surface area contributed by atoms with Gasteiger partial charge in [0, 0.05) is 11.9 Å². The molecule has 0 amide bonds. The van der Waals surface area contributed by atoms with E-state index in [0.717, 1.165) is 35.8 Å². The second kappa shape index (κ2) is 6.70. The van der Waals surface area contributed by atoms with Gasteiger partial charge in [0.05, 0.1) is 24.5 Å². The van der Waals surface area contributed by atoms with E-state index in [1.165, 1.54) is 12.8 Å². The van der Waals surface area contributed by atoms with E-state index >= 15 is 0 Å². The number of aryl methyl sites for hydroxylation is 1. The van der Waals surface area contributed by atoms with Gasteiger partial charge in [-0.25, -0.2) is 15.0 Å². The Hall–Kier alpha value is -2.21. The van der Waals surface area contributed by atoms with Crippen molar-refractivity contribution in [3.63, 3.8) is 0 Å². The third-order valence-electron chi connectivity index (χ3n) is 3.75. The molecule has 0 radical (unpaired) electrons. The molecule has 1 aromatic carbocycles. The number of unbranched alkanes of at least 4 members (excludes halogenated alkanes) is 1. The van der Waals surface area contributed by atoms with Gasteiger partial charge in [0.2, 0.25) is 11.9 Å². The van der Waals surface area contributed by atoms with Gasteiger partial charge >= 0.3 is 0 Å². The first kappa shape index (κ1) is 14.7. The molecular formula is C16H22N6. The van der Waals surface area contributed by atoms with E-state index in [9.17, 15) is 0 Å². The molecule has 2 heterocycles. The Balaban J connectivity index is 1.70. The first-order valence-electron chi connectivity index (χ1n) is 7.77. The van der Waals surface area contributed by atoms with Crippen molar-refractivity contribution in [1.29, 1.82) is 0 Å². The minimum Gasteiger partial charge on any atom is -0.343 e. The second-order valence-electron chi connectivity index (χ2n) is 5.51. The Labute approximate surface area is 130 Å². The lowest BCUT2D eigenvalue weighted by molar-refractivity contribution is 0.261. The first-order chi connectivity index (χ1) is 10.8. The predicted octanol–water partition coefficient (Wildman–Crippen LogP) is 2.33. The number of aromatic nitrogens is 2. The summed E-state index contributed by atoms with van der Waals surface area (Å²) < 4.78 is 0. The smallest absolute Gasteiger partial charge is 0.230 e. The largest absolute Gasteiger partial charge is 0.343 e. The maximum Gasteiger partial charge on any atom is 0.230 e. The van der Waals surface area contributed by atoms with Crippen LogP contribution in [0.3, 0.4) is 0 Å². The standard InChI is InChI=1S/C16H22N6/c1-3-4-9-22-10-17-15(18-11-22)21-16-19-12(2)13-7-5-6-8-14(13)20-16/h5-8H,3-4,9-11H2,1-2H3,(H2,17,18,19,20,21). The van der Waals surface area contributed by atoms with E-state index in [-0.39, 0.29) is 0 Å². The summed E-state index contributed by atoms with van der Waals surface area (Å²) in [7, 11) is 0. The maximum atomic E-state index is 4.54. The van der Waals surface area contributed by atoms with Crippen molar-refractivity contribution in [1.82, 2.24) is 20.2 Å². The van der Waals surface area contributed by atoms with Crippen molar-refractivity contribution >= 4 is 22.8 Å². The quantitative estimate of drug-likeness (QED) is 0.907. The summed E-state index contributed by atoms with van der Waals surface area (Å²) in [4.78, 5) is 15.8. The van der Waals surface area contributed by atoms with Crippen LogP contribution in [0.15, 0.2) is 29.3 Å². The number of hydrogen-bond acceptors (Lipinski definition) is 6. The molecule has 1 aliphatic rings. The average Bonchev–Trinajstić information content (AvgIpc) is 2.54. The van der Waals surface area contributed by atoms with Gasteiger partial charge < -0.3 is 5.32 Å². The van der Waals surface area contributed by atoms with Gasteiger partial charge in [0.25, 0.3) is 0 Å². The molecule has 2 N–H and O–H groups in total. The lowest BCUT2D eigenvalue weighted by Crippen LogP contribution is -2.46. The molecule has 6 heteroatoms. The van der Waals surface area contributed by atoms with E-state index in [4.69, 9.17) is 0 Å². The van der Waals surface area contributed by atoms with Crippen LogP contribution in [-0.2, 0) is 0 Å². The van der Waals surface area contributed by atoms with Gasteiger partial charge in [-0.05, 0) is 19.4 Å². The lowest BCUT2D eigenvalue weighted by atomic mass is 10.2. The van der Waals surface area contributed by atoms with E-state index in [1.807, 2.05) is 31.2 Å². The average molecular weight is 298 g/mol. The van der Waals surface area contributed by atoms with Crippen molar-refractivity contribution in [3.05, 3.63) is 30.0 Å². The number of hydrogen-bond donors (Lipinski definition) is 2. The van der Waals surface area contributed by atoms with Crippen LogP contribution in [0.5, 0.6) is 0 Å². The normalized spacial score (nSPS) is 15.5. The number of aliphatic imine (C=N–C) groups is 1. The molecule has 0 spiro atoms. The van der Waals surface area contributed by atoms with Crippen LogP contribution in [-0.4, -0.2) is 40.7 Å². The fourth-order valence-corrected chi connectivity index (χ4v) is 2.48. The van der Waals surface area contributed by atoms with Crippen LogP contribution in [0.4, 0.5) is 5.95 Å². The van der Waals surface area contributed by atoms with Crippen LogP contribution in [0.25, 0.3) is 10.9 Å². The maximum absolute atomic E-state index is 4.54. The molecular weight excluding hydrogens is 276 g/mol. The van der Waals surface area contributed by atoms with E-state index in [0.29, 0.717) is 12.6 Å². The molecule has 22 heavy (non-hydrogen) atoms. The SMILES string of the molecule is CCCCN1CN=C(Nc2nc(C)c3ccccc3n2)NC1. The highest BCUT2D eigenvalue weighted by Gasteiger charge is 2.12. The number of guanidine groups is 1. The van der Waals surface area contributed by atoms with Crippen LogP contribution in [0.2, 0.25) is 0 Å². The van der Waals surface area contributed by atoms with Crippen LogP contribution in [0.1, 0.15) is 25.5 Å². The van der Waals surface area contributed by atoms with Crippen molar-refractivity contribution in [3.8, 4) is 0 Å². The Morgan fingerprint density at radius 2 is 2.14 bits per heavy atom. The molecule has 0 aliphatic carbocycles. The second-order valence-corrected chi connectivity index (χ2v) is 5.51. The molecule has 0 atom stereocenters.